The van der Waals surface area contributed by atoms with Crippen molar-refractivity contribution in [2.24, 2.45) is 0 Å². The van der Waals surface area contributed by atoms with E-state index in [0.29, 0.717) is 11.3 Å². The van der Waals surface area contributed by atoms with Gasteiger partial charge in [0.2, 0.25) is 0 Å². The molecule has 2 aromatic carbocycles. The number of amides is 1. The van der Waals surface area contributed by atoms with Crippen LogP contribution in [-0.4, -0.2) is 19.1 Å². The van der Waals surface area contributed by atoms with Crippen molar-refractivity contribution in [2.75, 3.05) is 5.32 Å². The normalized spacial score (nSPS) is 11.0. The molecule has 0 aliphatic heterocycles. The molecule has 7 heteroatoms. The third-order valence-electron chi connectivity index (χ3n) is 2.69. The predicted molar refractivity (Wildman–Crippen MR) is 77.1 cm³/mol. The van der Waals surface area contributed by atoms with Gasteiger partial charge in [0.05, 0.1) is 5.69 Å². The minimum atomic E-state index is -4.44. The van der Waals surface area contributed by atoms with Gasteiger partial charge < -0.3 is 4.74 Å². The maximum absolute atomic E-state index is 11.8. The van der Waals surface area contributed by atoms with Gasteiger partial charge in [-0.2, -0.15) is 8.42 Å². The van der Waals surface area contributed by atoms with Crippen LogP contribution in [0.25, 0.3) is 0 Å². The van der Waals surface area contributed by atoms with Gasteiger partial charge in [-0.1, -0.05) is 30.3 Å². The molecule has 6 nitrogen and oxygen atoms in total. The summed E-state index contributed by atoms with van der Waals surface area (Å²) in [5, 5.41) is 2.33. The summed E-state index contributed by atoms with van der Waals surface area (Å²) in [7, 11) is -4.44. The SMILES string of the molecule is Cc1cccc(S(=O)(=O)O)c1NC(=O)Oc1ccccc1. The summed E-state index contributed by atoms with van der Waals surface area (Å²) in [4.78, 5) is 11.4. The Hall–Kier alpha value is -2.38. The van der Waals surface area contributed by atoms with Gasteiger partial charge in [0, 0.05) is 0 Å². The maximum atomic E-state index is 11.8. The molecule has 0 bridgehead atoms. The van der Waals surface area contributed by atoms with Crippen molar-refractivity contribution in [3.05, 3.63) is 54.1 Å². The van der Waals surface area contributed by atoms with Crippen molar-refractivity contribution in [2.45, 2.75) is 11.8 Å². The quantitative estimate of drug-likeness (QED) is 0.851. The molecule has 2 rings (SSSR count). The summed E-state index contributed by atoms with van der Waals surface area (Å²) < 4.78 is 36.8. The molecule has 0 fully saturated rings. The monoisotopic (exact) mass is 307 g/mol. The second-order valence-electron chi connectivity index (χ2n) is 4.25. The van der Waals surface area contributed by atoms with Crippen LogP contribution in [0, 0.1) is 6.92 Å². The van der Waals surface area contributed by atoms with E-state index >= 15 is 0 Å². The molecule has 110 valence electrons. The number of hydrogen-bond donors (Lipinski definition) is 2. The van der Waals surface area contributed by atoms with Gasteiger partial charge >= 0.3 is 6.09 Å². The Morgan fingerprint density at radius 1 is 1.10 bits per heavy atom. The fraction of sp³-hybridized carbons (Fsp3) is 0.0714. The predicted octanol–water partition coefficient (Wildman–Crippen LogP) is 2.85. The van der Waals surface area contributed by atoms with Crippen molar-refractivity contribution >= 4 is 21.9 Å². The number of ether oxygens (including phenoxy) is 1. The first-order chi connectivity index (χ1) is 9.88. The molecule has 2 N–H and O–H groups in total. The van der Waals surface area contributed by atoms with E-state index in [9.17, 15) is 17.8 Å². The van der Waals surface area contributed by atoms with Crippen LogP contribution in [0.2, 0.25) is 0 Å². The van der Waals surface area contributed by atoms with Crippen LogP contribution in [0.1, 0.15) is 5.56 Å². The van der Waals surface area contributed by atoms with Gasteiger partial charge in [-0.3, -0.25) is 9.87 Å². The summed E-state index contributed by atoms with van der Waals surface area (Å²) >= 11 is 0. The van der Waals surface area contributed by atoms with E-state index in [2.05, 4.69) is 5.32 Å². The first-order valence-corrected chi connectivity index (χ1v) is 7.43. The first-order valence-electron chi connectivity index (χ1n) is 5.99. The number of carbonyl (C=O) groups is 1. The summed E-state index contributed by atoms with van der Waals surface area (Å²) in [6, 6.07) is 12.6. The number of nitrogens with one attached hydrogen (secondary N) is 1. The van der Waals surface area contributed by atoms with Crippen molar-refractivity contribution < 1.29 is 22.5 Å². The van der Waals surface area contributed by atoms with Crippen molar-refractivity contribution in [1.29, 1.82) is 0 Å². The molecule has 0 aliphatic rings. The zero-order valence-electron chi connectivity index (χ0n) is 11.1. The molecular formula is C14H13NO5S. The fourth-order valence-corrected chi connectivity index (χ4v) is 2.46. The van der Waals surface area contributed by atoms with Gasteiger partial charge in [0.25, 0.3) is 10.1 Å². The smallest absolute Gasteiger partial charge is 0.410 e. The summed E-state index contributed by atoms with van der Waals surface area (Å²) in [6.07, 6.45) is -0.847. The second-order valence-corrected chi connectivity index (χ2v) is 5.64. The summed E-state index contributed by atoms with van der Waals surface area (Å²) in [6.45, 7) is 1.60. The van der Waals surface area contributed by atoms with E-state index in [1.807, 2.05) is 0 Å². The van der Waals surface area contributed by atoms with Crippen LogP contribution >= 0.6 is 0 Å². The van der Waals surface area contributed by atoms with Gasteiger partial charge in [-0.15, -0.1) is 0 Å². The minimum Gasteiger partial charge on any atom is -0.410 e. The van der Waals surface area contributed by atoms with Crippen molar-refractivity contribution in [3.8, 4) is 5.75 Å². The van der Waals surface area contributed by atoms with E-state index in [1.54, 1.807) is 43.3 Å². The van der Waals surface area contributed by atoms with Crippen molar-refractivity contribution in [1.82, 2.24) is 0 Å². The minimum absolute atomic E-state index is 0.0130. The molecule has 1 amide bonds. The van der Waals surface area contributed by atoms with Crippen LogP contribution in [-0.2, 0) is 10.1 Å². The maximum Gasteiger partial charge on any atom is 0.417 e. The van der Waals surface area contributed by atoms with E-state index < -0.39 is 16.2 Å². The van der Waals surface area contributed by atoms with Crippen LogP contribution in [0.5, 0.6) is 5.75 Å². The lowest BCUT2D eigenvalue weighted by molar-refractivity contribution is 0.215. The molecule has 0 radical (unpaired) electrons. The topological polar surface area (TPSA) is 92.7 Å². The lowest BCUT2D eigenvalue weighted by Crippen LogP contribution is -2.19. The number of hydrogen-bond acceptors (Lipinski definition) is 4. The van der Waals surface area contributed by atoms with Gasteiger partial charge in [0.15, 0.2) is 0 Å². The number of carbonyl (C=O) groups excluding carboxylic acids is 1. The standard InChI is InChI=1S/C14H13NO5S/c1-10-6-5-9-12(21(17,18)19)13(10)15-14(16)20-11-7-3-2-4-8-11/h2-9H,1H3,(H,15,16)(H,17,18,19). The average molecular weight is 307 g/mol. The molecular weight excluding hydrogens is 294 g/mol. The highest BCUT2D eigenvalue weighted by molar-refractivity contribution is 7.86. The Bertz CT molecular complexity index is 756. The Balaban J connectivity index is 2.26. The van der Waals surface area contributed by atoms with Crippen molar-refractivity contribution in [3.63, 3.8) is 0 Å². The highest BCUT2D eigenvalue weighted by Crippen LogP contribution is 2.25. The molecule has 0 saturated heterocycles. The average Bonchev–Trinajstić information content (AvgIpc) is 2.41. The number of anilines is 1. The Kier molecular flexibility index (Phi) is 4.25. The Labute approximate surface area is 122 Å². The molecule has 0 atom stereocenters. The zero-order chi connectivity index (χ0) is 15.5. The Morgan fingerprint density at radius 2 is 1.76 bits per heavy atom. The molecule has 21 heavy (non-hydrogen) atoms. The molecule has 0 heterocycles. The van der Waals surface area contributed by atoms with E-state index in [4.69, 9.17) is 4.74 Å². The number of para-hydroxylation sites is 2. The third kappa shape index (κ3) is 3.80. The largest absolute Gasteiger partial charge is 0.417 e. The van der Waals surface area contributed by atoms with Gasteiger partial charge in [-0.05, 0) is 30.7 Å². The third-order valence-corrected chi connectivity index (χ3v) is 3.59. The van der Waals surface area contributed by atoms with Crippen LogP contribution < -0.4 is 10.1 Å². The fourth-order valence-electron chi connectivity index (χ4n) is 1.74. The van der Waals surface area contributed by atoms with Crippen LogP contribution in [0.3, 0.4) is 0 Å². The number of aryl methyl sites for hydroxylation is 1. The lowest BCUT2D eigenvalue weighted by Gasteiger charge is -2.12. The summed E-state index contributed by atoms with van der Waals surface area (Å²) in [5.41, 5.74) is 0.469. The van der Waals surface area contributed by atoms with Gasteiger partial charge in [0.1, 0.15) is 10.6 Å². The van der Waals surface area contributed by atoms with Crippen LogP contribution in [0.15, 0.2) is 53.4 Å². The molecule has 0 unspecified atom stereocenters. The number of rotatable bonds is 3. The van der Waals surface area contributed by atoms with Gasteiger partial charge in [-0.25, -0.2) is 4.79 Å². The zero-order valence-corrected chi connectivity index (χ0v) is 11.9. The second kappa shape index (κ2) is 5.94. The molecule has 0 spiro atoms. The molecule has 0 aromatic heterocycles. The Morgan fingerprint density at radius 3 is 2.38 bits per heavy atom. The highest BCUT2D eigenvalue weighted by atomic mass is 32.2. The first kappa shape index (κ1) is 15.0. The van der Waals surface area contributed by atoms with E-state index in [1.165, 1.54) is 12.1 Å². The highest BCUT2D eigenvalue weighted by Gasteiger charge is 2.19. The molecule has 2 aromatic rings. The lowest BCUT2D eigenvalue weighted by atomic mass is 10.2. The van der Waals surface area contributed by atoms with E-state index in [-0.39, 0.29) is 10.6 Å². The van der Waals surface area contributed by atoms with E-state index in [0.717, 1.165) is 0 Å². The van der Waals surface area contributed by atoms with Crippen LogP contribution in [0.4, 0.5) is 10.5 Å². The summed E-state index contributed by atoms with van der Waals surface area (Å²) in [5.74, 6) is 0.317. The molecule has 0 aliphatic carbocycles. The molecule has 0 saturated carbocycles. The number of benzene rings is 2.